The van der Waals surface area contributed by atoms with Crippen LogP contribution in [-0.4, -0.2) is 27.3 Å². The highest BCUT2D eigenvalue weighted by Crippen LogP contribution is 2.26. The van der Waals surface area contributed by atoms with Crippen LogP contribution in [0.3, 0.4) is 0 Å². The van der Waals surface area contributed by atoms with Crippen molar-refractivity contribution in [2.45, 2.75) is 115 Å². The Hall–Kier alpha value is -0.380. The number of rotatable bonds is 13. The van der Waals surface area contributed by atoms with E-state index in [0.717, 1.165) is 37.9 Å². The fourth-order valence-corrected chi connectivity index (χ4v) is 5.35. The van der Waals surface area contributed by atoms with Crippen molar-refractivity contribution in [3.8, 4) is 0 Å². The highest BCUT2D eigenvalue weighted by atomic mass is 32.2. The van der Waals surface area contributed by atoms with Gasteiger partial charge in [0.15, 0.2) is 0 Å². The van der Waals surface area contributed by atoms with Crippen LogP contribution in [0.25, 0.3) is 0 Å². The van der Waals surface area contributed by atoms with Crippen LogP contribution >= 0.6 is 0 Å². The van der Waals surface area contributed by atoms with Crippen LogP contribution in [0.2, 0.25) is 0 Å². The van der Waals surface area contributed by atoms with E-state index in [1.807, 2.05) is 0 Å². The molecule has 24 heavy (non-hydrogen) atoms. The zero-order valence-corrected chi connectivity index (χ0v) is 16.7. The minimum absolute atomic E-state index is 0.0706. The molecule has 0 unspecified atom stereocenters. The lowest BCUT2D eigenvalue weighted by Gasteiger charge is -2.30. The zero-order valence-electron chi connectivity index (χ0n) is 15.9. The minimum atomic E-state index is -0.843. The number of carbonyl (C=O) groups is 1. The second kappa shape index (κ2) is 13.9. The highest BCUT2D eigenvalue weighted by molar-refractivity contribution is 7.85. The Labute approximate surface area is 151 Å². The average Bonchev–Trinajstić information content (AvgIpc) is 2.56. The molecule has 0 spiro atoms. The third-order valence-corrected chi connectivity index (χ3v) is 6.90. The molecule has 0 radical (unpaired) electrons. The Morgan fingerprint density at radius 2 is 1.46 bits per heavy atom. The van der Waals surface area contributed by atoms with Crippen molar-refractivity contribution in [3.05, 3.63) is 0 Å². The molecule has 1 fully saturated rings. The summed E-state index contributed by atoms with van der Waals surface area (Å²) in [7, 11) is -0.843. The van der Waals surface area contributed by atoms with Gasteiger partial charge >= 0.3 is 5.97 Å². The molecule has 0 amide bonds. The summed E-state index contributed by atoms with van der Waals surface area (Å²) in [6.45, 7) is 3.71. The van der Waals surface area contributed by atoms with Gasteiger partial charge < -0.3 is 4.74 Å². The summed E-state index contributed by atoms with van der Waals surface area (Å²) in [5.74, 6) is 0.543. The molecule has 4 heteroatoms. The van der Waals surface area contributed by atoms with Crippen LogP contribution in [0, 0.1) is 0 Å². The number of hydrogen-bond acceptors (Lipinski definition) is 3. The fourth-order valence-electron chi connectivity index (χ4n) is 3.59. The molecule has 0 aliphatic heterocycles. The van der Waals surface area contributed by atoms with Crippen molar-refractivity contribution in [3.63, 3.8) is 0 Å². The second-order valence-corrected chi connectivity index (χ2v) is 9.01. The quantitative estimate of drug-likeness (QED) is 0.321. The molecule has 0 bridgehead atoms. The maximum Gasteiger partial charge on any atom is 0.302 e. The molecule has 1 aliphatic carbocycles. The predicted molar refractivity (Wildman–Crippen MR) is 103 cm³/mol. The molecule has 1 saturated carbocycles. The molecule has 0 aromatic heterocycles. The summed E-state index contributed by atoms with van der Waals surface area (Å²) in [4.78, 5) is 11.2. The first-order valence-corrected chi connectivity index (χ1v) is 11.6. The molecule has 3 atom stereocenters. The van der Waals surface area contributed by atoms with E-state index < -0.39 is 10.8 Å². The van der Waals surface area contributed by atoms with Crippen LogP contribution in [0.15, 0.2) is 0 Å². The Kier molecular flexibility index (Phi) is 12.5. The number of unbranched alkanes of at least 4 members (excludes halogenated alkanes) is 9. The molecule has 3 nitrogen and oxygen atoms in total. The van der Waals surface area contributed by atoms with Crippen LogP contribution in [0.4, 0.5) is 0 Å². The third-order valence-electron chi connectivity index (χ3n) is 5.00. The highest BCUT2D eigenvalue weighted by Gasteiger charge is 2.31. The fraction of sp³-hybridized carbons (Fsp3) is 0.950. The van der Waals surface area contributed by atoms with Gasteiger partial charge in [0.25, 0.3) is 0 Å². The molecular formula is C20H38O3S. The Morgan fingerprint density at radius 1 is 0.917 bits per heavy atom. The van der Waals surface area contributed by atoms with Crippen LogP contribution in [0.1, 0.15) is 104 Å². The standard InChI is InChI=1S/C20H38O3S/c1-3-4-5-6-7-8-9-10-11-14-17-24(22)20-16-13-12-15-19(20)23-18(2)21/h19-20H,3-17H2,1-2H3/t19-,20-,24-/m0/s1. The smallest absolute Gasteiger partial charge is 0.302 e. The Balaban J connectivity index is 2.07. The van der Waals surface area contributed by atoms with Gasteiger partial charge in [-0.1, -0.05) is 71.1 Å². The molecule has 0 heterocycles. The van der Waals surface area contributed by atoms with E-state index in [1.165, 1.54) is 64.7 Å². The first-order valence-electron chi connectivity index (χ1n) is 10.2. The van der Waals surface area contributed by atoms with E-state index in [9.17, 15) is 9.00 Å². The topological polar surface area (TPSA) is 43.4 Å². The lowest BCUT2D eigenvalue weighted by Crippen LogP contribution is -2.37. The number of ether oxygens (including phenoxy) is 1. The van der Waals surface area contributed by atoms with Crippen molar-refractivity contribution >= 4 is 16.8 Å². The summed E-state index contributed by atoms with van der Waals surface area (Å²) in [6.07, 6.45) is 16.9. The number of hydrogen-bond donors (Lipinski definition) is 0. The number of esters is 1. The van der Waals surface area contributed by atoms with E-state index in [2.05, 4.69) is 6.92 Å². The lowest BCUT2D eigenvalue weighted by atomic mass is 9.97. The van der Waals surface area contributed by atoms with Crippen molar-refractivity contribution < 1.29 is 13.7 Å². The second-order valence-electron chi connectivity index (χ2n) is 7.24. The monoisotopic (exact) mass is 358 g/mol. The first-order chi connectivity index (χ1) is 11.6. The summed E-state index contributed by atoms with van der Waals surface area (Å²) in [5.41, 5.74) is 0. The van der Waals surface area contributed by atoms with Gasteiger partial charge in [0.1, 0.15) is 6.10 Å². The molecule has 0 aromatic rings. The predicted octanol–water partition coefficient (Wildman–Crippen LogP) is 5.53. The summed E-state index contributed by atoms with van der Waals surface area (Å²) >= 11 is 0. The van der Waals surface area contributed by atoms with Crippen molar-refractivity contribution in [1.29, 1.82) is 0 Å². The van der Waals surface area contributed by atoms with Crippen molar-refractivity contribution in [2.75, 3.05) is 5.75 Å². The normalized spacial score (nSPS) is 22.2. The van der Waals surface area contributed by atoms with Gasteiger partial charge in [-0.3, -0.25) is 9.00 Å². The maximum atomic E-state index is 12.5. The molecular weight excluding hydrogens is 320 g/mol. The van der Waals surface area contributed by atoms with E-state index in [4.69, 9.17) is 4.74 Å². The SMILES string of the molecule is CCCCCCCCCCCC[S@](=O)[C@H]1CCCC[C@@H]1OC(C)=O. The van der Waals surface area contributed by atoms with E-state index in [0.29, 0.717) is 0 Å². The molecule has 1 rings (SSSR count). The first kappa shape index (κ1) is 21.7. The molecule has 1 aliphatic rings. The van der Waals surface area contributed by atoms with Gasteiger partial charge in [-0.25, -0.2) is 0 Å². The van der Waals surface area contributed by atoms with Crippen molar-refractivity contribution in [2.24, 2.45) is 0 Å². The average molecular weight is 359 g/mol. The largest absolute Gasteiger partial charge is 0.461 e. The van der Waals surface area contributed by atoms with Gasteiger partial charge in [-0.05, 0) is 25.7 Å². The third kappa shape index (κ3) is 9.80. The zero-order chi connectivity index (χ0) is 17.6. The number of carbonyl (C=O) groups excluding carboxylic acids is 1. The van der Waals surface area contributed by atoms with Gasteiger partial charge in [0.2, 0.25) is 0 Å². The van der Waals surface area contributed by atoms with Crippen LogP contribution in [-0.2, 0) is 20.3 Å². The van der Waals surface area contributed by atoms with Gasteiger partial charge in [-0.15, -0.1) is 0 Å². The van der Waals surface area contributed by atoms with Crippen molar-refractivity contribution in [1.82, 2.24) is 0 Å². The lowest BCUT2D eigenvalue weighted by molar-refractivity contribution is -0.147. The Morgan fingerprint density at radius 3 is 2.04 bits per heavy atom. The van der Waals surface area contributed by atoms with Gasteiger partial charge in [0, 0.05) is 23.5 Å². The molecule has 0 N–H and O–H groups in total. The minimum Gasteiger partial charge on any atom is -0.461 e. The van der Waals surface area contributed by atoms with Crippen LogP contribution in [0.5, 0.6) is 0 Å². The van der Waals surface area contributed by atoms with Gasteiger partial charge in [0.05, 0.1) is 5.25 Å². The Bertz CT molecular complexity index is 357. The summed E-state index contributed by atoms with van der Waals surface area (Å²) in [6, 6.07) is 0. The van der Waals surface area contributed by atoms with Crippen LogP contribution < -0.4 is 0 Å². The molecule has 0 saturated heterocycles. The van der Waals surface area contributed by atoms with E-state index in [1.54, 1.807) is 0 Å². The van der Waals surface area contributed by atoms with Gasteiger partial charge in [-0.2, -0.15) is 0 Å². The summed E-state index contributed by atoms with van der Waals surface area (Å²) in [5, 5.41) is 0.0706. The summed E-state index contributed by atoms with van der Waals surface area (Å²) < 4.78 is 17.9. The molecule has 142 valence electrons. The maximum absolute atomic E-state index is 12.5. The van der Waals surface area contributed by atoms with E-state index >= 15 is 0 Å². The van der Waals surface area contributed by atoms with E-state index in [-0.39, 0.29) is 17.3 Å². The molecule has 0 aromatic carbocycles.